The molecule has 0 aliphatic heterocycles. The highest BCUT2D eigenvalue weighted by molar-refractivity contribution is 7.25. The van der Waals surface area contributed by atoms with E-state index in [4.69, 9.17) is 0 Å². The van der Waals surface area contributed by atoms with Crippen molar-refractivity contribution in [2.75, 3.05) is 0 Å². The first-order chi connectivity index (χ1) is 14.9. The quantitative estimate of drug-likeness (QED) is 0.419. The smallest absolute Gasteiger partial charge is 0.364 e. The summed E-state index contributed by atoms with van der Waals surface area (Å²) >= 11 is 0. The summed E-state index contributed by atoms with van der Waals surface area (Å²) in [7, 11) is -0.896. The number of amides is 1. The molecule has 0 aromatic heterocycles. The Morgan fingerprint density at radius 1 is 1.12 bits per heavy atom. The molecule has 0 aliphatic carbocycles. The second-order valence-electron chi connectivity index (χ2n) is 8.78. The van der Waals surface area contributed by atoms with Crippen molar-refractivity contribution in [1.82, 2.24) is 5.32 Å². The molecule has 0 bridgehead atoms. The zero-order valence-electron chi connectivity index (χ0n) is 19.0. The van der Waals surface area contributed by atoms with Gasteiger partial charge in [0.1, 0.15) is 11.8 Å². The van der Waals surface area contributed by atoms with Gasteiger partial charge in [-0.2, -0.15) is 0 Å². The van der Waals surface area contributed by atoms with Crippen molar-refractivity contribution in [3.05, 3.63) is 63.7 Å². The van der Waals surface area contributed by atoms with Gasteiger partial charge in [0, 0.05) is 12.5 Å². The molecular weight excluding hydrogens is 429 g/mol. The SMILES string of the molecule is Cc1cc(C(C)(O)[PH+]=O)cc(C)c1Cc1ccc(O)c(C(=O)N[C@H](CC(C)C)C(=O)O)c1. The lowest BCUT2D eigenvalue weighted by Crippen LogP contribution is -2.41. The van der Waals surface area contributed by atoms with Gasteiger partial charge in [0.25, 0.3) is 11.2 Å². The standard InChI is InChI=1S/C24H30NO6P/c1-13(2)8-20(23(28)29)25-22(27)19-12-16(6-7-21(19)26)11-18-14(3)9-17(10-15(18)4)24(5,30)32-31/h6-7,9-10,12-13,20,26,30H,8,11H2,1-5H3,(H,25,27)(H,28,29)/p+1/t20-,24?/m1/s1. The van der Waals surface area contributed by atoms with E-state index in [1.54, 1.807) is 24.3 Å². The molecule has 0 heterocycles. The van der Waals surface area contributed by atoms with Crippen LogP contribution >= 0.6 is 8.46 Å². The highest BCUT2D eigenvalue weighted by Crippen LogP contribution is 2.34. The summed E-state index contributed by atoms with van der Waals surface area (Å²) in [6.45, 7) is 9.03. The molecule has 3 atom stereocenters. The molecule has 2 rings (SSSR count). The summed E-state index contributed by atoms with van der Waals surface area (Å²) < 4.78 is 11.3. The first-order valence-electron chi connectivity index (χ1n) is 10.4. The third-order valence-corrected chi connectivity index (χ3v) is 6.14. The normalized spacial score (nSPS) is 14.2. The van der Waals surface area contributed by atoms with Gasteiger partial charge in [-0.1, -0.05) is 24.5 Å². The van der Waals surface area contributed by atoms with Crippen LogP contribution in [0.3, 0.4) is 0 Å². The average molecular weight is 460 g/mol. The van der Waals surface area contributed by atoms with Gasteiger partial charge >= 0.3 is 14.4 Å². The molecule has 0 saturated heterocycles. The molecule has 1 amide bonds. The van der Waals surface area contributed by atoms with Crippen molar-refractivity contribution < 1.29 is 29.5 Å². The zero-order valence-corrected chi connectivity index (χ0v) is 20.0. The molecule has 0 aliphatic rings. The molecular formula is C24H31NO6P+. The minimum atomic E-state index is -1.42. The largest absolute Gasteiger partial charge is 0.507 e. The topological polar surface area (TPSA) is 124 Å². The van der Waals surface area contributed by atoms with E-state index in [-0.39, 0.29) is 23.7 Å². The molecule has 0 fully saturated rings. The monoisotopic (exact) mass is 460 g/mol. The van der Waals surface area contributed by atoms with E-state index in [2.05, 4.69) is 5.32 Å². The van der Waals surface area contributed by atoms with Gasteiger partial charge in [0.05, 0.1) is 5.56 Å². The van der Waals surface area contributed by atoms with E-state index in [9.17, 15) is 29.5 Å². The second-order valence-corrected chi connectivity index (χ2v) is 9.96. The number of phenolic OH excluding ortho intramolecular Hbond substituents is 1. The summed E-state index contributed by atoms with van der Waals surface area (Å²) in [5.41, 5.74) is 4.14. The number of benzene rings is 2. The lowest BCUT2D eigenvalue weighted by molar-refractivity contribution is -0.139. The number of aliphatic carboxylic acids is 1. The van der Waals surface area contributed by atoms with E-state index < -0.39 is 31.7 Å². The van der Waals surface area contributed by atoms with Gasteiger partial charge in [-0.15, -0.1) is 0 Å². The number of phenols is 1. The number of aryl methyl sites for hydroxylation is 2. The number of rotatable bonds is 9. The van der Waals surface area contributed by atoms with Crippen LogP contribution in [0.25, 0.3) is 0 Å². The lowest BCUT2D eigenvalue weighted by atomic mass is 9.92. The van der Waals surface area contributed by atoms with Gasteiger partial charge in [-0.25, -0.2) is 4.79 Å². The minimum absolute atomic E-state index is 0.0138. The number of carbonyl (C=O) groups excluding carboxylic acids is 1. The van der Waals surface area contributed by atoms with E-state index in [1.165, 1.54) is 13.0 Å². The van der Waals surface area contributed by atoms with Gasteiger partial charge in [0.2, 0.25) is 0 Å². The maximum Gasteiger partial charge on any atom is 0.364 e. The third-order valence-electron chi connectivity index (χ3n) is 5.45. The first-order valence-corrected chi connectivity index (χ1v) is 11.3. The highest BCUT2D eigenvalue weighted by atomic mass is 31.1. The Morgan fingerprint density at radius 3 is 2.22 bits per heavy atom. The van der Waals surface area contributed by atoms with Crippen LogP contribution in [0.2, 0.25) is 0 Å². The fourth-order valence-electron chi connectivity index (χ4n) is 3.62. The molecule has 0 saturated carbocycles. The third kappa shape index (κ3) is 6.15. The fraction of sp³-hybridized carbons (Fsp3) is 0.417. The summed E-state index contributed by atoms with van der Waals surface area (Å²) in [4.78, 5) is 24.2. The molecule has 8 heteroatoms. The molecule has 2 aromatic carbocycles. The predicted octanol–water partition coefficient (Wildman–Crippen LogP) is 4.02. The Hall–Kier alpha value is -2.76. The van der Waals surface area contributed by atoms with Gasteiger partial charge in [-0.3, -0.25) is 4.79 Å². The Labute approximate surface area is 189 Å². The van der Waals surface area contributed by atoms with E-state index >= 15 is 0 Å². The van der Waals surface area contributed by atoms with Crippen LogP contribution in [0.5, 0.6) is 5.75 Å². The van der Waals surface area contributed by atoms with Crippen LogP contribution in [0.1, 0.15) is 65.4 Å². The maximum atomic E-state index is 12.7. The molecule has 0 radical (unpaired) electrons. The summed E-state index contributed by atoms with van der Waals surface area (Å²) in [5.74, 6) is -1.92. The number of carboxylic acid groups (broad SMARTS) is 1. The van der Waals surface area contributed by atoms with Crippen LogP contribution in [0.4, 0.5) is 0 Å². The van der Waals surface area contributed by atoms with Crippen LogP contribution in [-0.2, 0) is 21.1 Å². The second kappa shape index (κ2) is 10.2. The Morgan fingerprint density at radius 2 is 1.72 bits per heavy atom. The zero-order chi connectivity index (χ0) is 24.2. The molecule has 4 N–H and O–H groups in total. The van der Waals surface area contributed by atoms with Crippen LogP contribution in [0.15, 0.2) is 30.3 Å². The maximum absolute atomic E-state index is 12.7. The Bertz CT molecular complexity index is 1010. The van der Waals surface area contributed by atoms with Crippen molar-refractivity contribution in [2.45, 2.75) is 58.8 Å². The summed E-state index contributed by atoms with van der Waals surface area (Å²) in [6.07, 6.45) is 0.745. The van der Waals surface area contributed by atoms with Gasteiger partial charge in [-0.05, 0) is 79.1 Å². The number of carbonyl (C=O) groups is 2. The highest BCUT2D eigenvalue weighted by Gasteiger charge is 2.32. The lowest BCUT2D eigenvalue weighted by Gasteiger charge is -2.18. The van der Waals surface area contributed by atoms with Crippen LogP contribution in [0, 0.1) is 19.8 Å². The van der Waals surface area contributed by atoms with Gasteiger partial charge in [0.15, 0.2) is 0 Å². The Balaban J connectivity index is 2.33. The first kappa shape index (κ1) is 25.5. The van der Waals surface area contributed by atoms with Crippen molar-refractivity contribution >= 4 is 20.3 Å². The van der Waals surface area contributed by atoms with Crippen LogP contribution in [-0.4, -0.2) is 33.2 Å². The van der Waals surface area contributed by atoms with E-state index in [1.807, 2.05) is 27.7 Å². The number of nitrogens with one attached hydrogen (secondary N) is 1. The average Bonchev–Trinajstić information content (AvgIpc) is 2.70. The van der Waals surface area contributed by atoms with Crippen LogP contribution < -0.4 is 5.32 Å². The number of aliphatic hydroxyl groups is 1. The number of hydrogen-bond acceptors (Lipinski definition) is 5. The van der Waals surface area contributed by atoms with Crippen molar-refractivity contribution in [2.24, 2.45) is 5.92 Å². The molecule has 2 unspecified atom stereocenters. The predicted molar refractivity (Wildman–Crippen MR) is 124 cm³/mol. The molecule has 172 valence electrons. The van der Waals surface area contributed by atoms with Crippen molar-refractivity contribution in [3.63, 3.8) is 0 Å². The van der Waals surface area contributed by atoms with Crippen molar-refractivity contribution in [3.8, 4) is 5.75 Å². The summed E-state index contributed by atoms with van der Waals surface area (Å²) in [6, 6.07) is 7.23. The molecule has 32 heavy (non-hydrogen) atoms. The summed E-state index contributed by atoms with van der Waals surface area (Å²) in [5, 5.41) is 31.0. The fourth-order valence-corrected chi connectivity index (χ4v) is 3.88. The number of carboxylic acids is 1. The Kier molecular flexibility index (Phi) is 8.16. The molecule has 2 aromatic rings. The number of hydrogen-bond donors (Lipinski definition) is 4. The minimum Gasteiger partial charge on any atom is -0.507 e. The van der Waals surface area contributed by atoms with Gasteiger partial charge < -0.3 is 20.6 Å². The van der Waals surface area contributed by atoms with E-state index in [0.717, 1.165) is 22.3 Å². The van der Waals surface area contributed by atoms with E-state index in [0.29, 0.717) is 12.0 Å². The molecule has 0 spiro atoms. The molecule has 7 nitrogen and oxygen atoms in total. The van der Waals surface area contributed by atoms with Crippen molar-refractivity contribution in [1.29, 1.82) is 0 Å². The number of aromatic hydroxyl groups is 1.